The molecule has 14 heavy (non-hydrogen) atoms. The highest BCUT2D eigenvalue weighted by molar-refractivity contribution is 5.36. The number of benzene rings is 1. The van der Waals surface area contributed by atoms with Gasteiger partial charge in [0, 0.05) is 13.7 Å². The lowest BCUT2D eigenvalue weighted by Gasteiger charge is -2.10. The standard InChI is InChI=1S/C10H14FNO2/c1-13-6-8-4-10(14-2)9(11)3-7(8)5-12/h3-4H,5-6,12H2,1-2H3. The van der Waals surface area contributed by atoms with Crippen LogP contribution >= 0.6 is 0 Å². The van der Waals surface area contributed by atoms with Crippen LogP contribution in [0.1, 0.15) is 11.1 Å². The van der Waals surface area contributed by atoms with Crippen LogP contribution in [0.15, 0.2) is 12.1 Å². The van der Waals surface area contributed by atoms with E-state index in [1.54, 1.807) is 13.2 Å². The monoisotopic (exact) mass is 199 g/mol. The predicted octanol–water partition coefficient (Wildman–Crippen LogP) is 1.44. The van der Waals surface area contributed by atoms with E-state index in [0.717, 1.165) is 11.1 Å². The van der Waals surface area contributed by atoms with Crippen molar-refractivity contribution < 1.29 is 13.9 Å². The van der Waals surface area contributed by atoms with Crippen molar-refractivity contribution in [1.29, 1.82) is 0 Å². The first kappa shape index (κ1) is 10.9. The summed E-state index contributed by atoms with van der Waals surface area (Å²) in [7, 11) is 3.01. The molecule has 1 aromatic carbocycles. The van der Waals surface area contributed by atoms with Crippen molar-refractivity contribution in [1.82, 2.24) is 0 Å². The predicted molar refractivity (Wildman–Crippen MR) is 51.6 cm³/mol. The van der Waals surface area contributed by atoms with Crippen molar-refractivity contribution in [3.05, 3.63) is 29.1 Å². The van der Waals surface area contributed by atoms with Crippen molar-refractivity contribution in [2.75, 3.05) is 14.2 Å². The lowest BCUT2D eigenvalue weighted by atomic mass is 10.1. The van der Waals surface area contributed by atoms with Crippen molar-refractivity contribution >= 4 is 0 Å². The fourth-order valence-corrected chi connectivity index (χ4v) is 1.27. The number of rotatable bonds is 4. The van der Waals surface area contributed by atoms with E-state index >= 15 is 0 Å². The van der Waals surface area contributed by atoms with Gasteiger partial charge in [0.2, 0.25) is 0 Å². The molecule has 0 radical (unpaired) electrons. The van der Waals surface area contributed by atoms with Gasteiger partial charge in [-0.1, -0.05) is 0 Å². The minimum atomic E-state index is -0.396. The van der Waals surface area contributed by atoms with Crippen LogP contribution in [0.25, 0.3) is 0 Å². The summed E-state index contributed by atoms with van der Waals surface area (Å²) in [6.45, 7) is 0.697. The zero-order valence-corrected chi connectivity index (χ0v) is 8.34. The summed E-state index contributed by atoms with van der Waals surface area (Å²) in [5.41, 5.74) is 7.07. The van der Waals surface area contributed by atoms with Crippen molar-refractivity contribution in [3.8, 4) is 5.75 Å². The van der Waals surface area contributed by atoms with E-state index in [9.17, 15) is 4.39 Å². The number of hydrogen-bond donors (Lipinski definition) is 1. The zero-order chi connectivity index (χ0) is 10.6. The SMILES string of the molecule is COCc1cc(OC)c(F)cc1CN. The van der Waals surface area contributed by atoms with Crippen LogP contribution in [0.5, 0.6) is 5.75 Å². The Kier molecular flexibility index (Phi) is 3.85. The quantitative estimate of drug-likeness (QED) is 0.798. The highest BCUT2D eigenvalue weighted by Gasteiger charge is 2.08. The molecule has 0 aromatic heterocycles. The van der Waals surface area contributed by atoms with Crippen LogP contribution in [0.2, 0.25) is 0 Å². The minimum absolute atomic E-state index is 0.217. The molecule has 0 heterocycles. The molecule has 0 bridgehead atoms. The molecule has 0 amide bonds. The molecule has 4 heteroatoms. The number of halogens is 1. The summed E-state index contributed by atoms with van der Waals surface area (Å²) < 4.78 is 23.1. The highest BCUT2D eigenvalue weighted by Crippen LogP contribution is 2.22. The lowest BCUT2D eigenvalue weighted by molar-refractivity contribution is 0.183. The van der Waals surface area contributed by atoms with Gasteiger partial charge >= 0.3 is 0 Å². The molecule has 0 fully saturated rings. The Labute approximate surface area is 82.6 Å². The molecule has 78 valence electrons. The third-order valence-corrected chi connectivity index (χ3v) is 1.99. The van der Waals surface area contributed by atoms with Crippen molar-refractivity contribution in [2.45, 2.75) is 13.2 Å². The van der Waals surface area contributed by atoms with Gasteiger partial charge in [0.25, 0.3) is 0 Å². The maximum absolute atomic E-state index is 13.2. The van der Waals surface area contributed by atoms with Gasteiger partial charge in [-0.15, -0.1) is 0 Å². The molecule has 0 aliphatic heterocycles. The number of methoxy groups -OCH3 is 2. The fraction of sp³-hybridized carbons (Fsp3) is 0.400. The molecule has 2 N–H and O–H groups in total. The van der Waals surface area contributed by atoms with E-state index in [1.165, 1.54) is 13.2 Å². The number of hydrogen-bond acceptors (Lipinski definition) is 3. The van der Waals surface area contributed by atoms with Crippen molar-refractivity contribution in [3.63, 3.8) is 0 Å². The molecule has 0 spiro atoms. The van der Waals surface area contributed by atoms with Gasteiger partial charge in [-0.2, -0.15) is 0 Å². The topological polar surface area (TPSA) is 44.5 Å². The van der Waals surface area contributed by atoms with E-state index in [0.29, 0.717) is 13.2 Å². The third kappa shape index (κ3) is 2.21. The normalized spacial score (nSPS) is 10.3. The van der Waals surface area contributed by atoms with E-state index in [4.69, 9.17) is 15.2 Å². The minimum Gasteiger partial charge on any atom is -0.494 e. The van der Waals surface area contributed by atoms with Crippen LogP contribution in [0.3, 0.4) is 0 Å². The van der Waals surface area contributed by atoms with Gasteiger partial charge in [-0.3, -0.25) is 0 Å². The molecule has 3 nitrogen and oxygen atoms in total. The van der Waals surface area contributed by atoms with Gasteiger partial charge in [-0.05, 0) is 23.3 Å². The Balaban J connectivity index is 3.11. The molecule has 0 aliphatic carbocycles. The summed E-state index contributed by atoms with van der Waals surface area (Å²) in [6, 6.07) is 2.99. The van der Waals surface area contributed by atoms with E-state index in [-0.39, 0.29) is 5.75 Å². The van der Waals surface area contributed by atoms with Gasteiger partial charge in [0.15, 0.2) is 11.6 Å². The Bertz CT molecular complexity index is 315. The molecule has 0 unspecified atom stereocenters. The maximum atomic E-state index is 13.2. The Hall–Kier alpha value is -1.13. The smallest absolute Gasteiger partial charge is 0.165 e. The Morgan fingerprint density at radius 1 is 1.29 bits per heavy atom. The first-order chi connectivity index (χ1) is 6.72. The summed E-state index contributed by atoms with van der Waals surface area (Å²) in [6.07, 6.45) is 0. The molecule has 1 aromatic rings. The largest absolute Gasteiger partial charge is 0.494 e. The maximum Gasteiger partial charge on any atom is 0.165 e. The first-order valence-corrected chi connectivity index (χ1v) is 4.27. The summed E-state index contributed by atoms with van der Waals surface area (Å²) in [5.74, 6) is -0.179. The van der Waals surface area contributed by atoms with E-state index in [1.807, 2.05) is 0 Å². The van der Waals surface area contributed by atoms with Crippen LogP contribution < -0.4 is 10.5 Å². The lowest BCUT2D eigenvalue weighted by Crippen LogP contribution is -2.04. The third-order valence-electron chi connectivity index (χ3n) is 1.99. The van der Waals surface area contributed by atoms with Crippen LogP contribution in [0, 0.1) is 5.82 Å². The van der Waals surface area contributed by atoms with Gasteiger partial charge in [0.1, 0.15) is 0 Å². The zero-order valence-electron chi connectivity index (χ0n) is 8.34. The molecule has 1 rings (SSSR count). The van der Waals surface area contributed by atoms with Gasteiger partial charge in [-0.25, -0.2) is 4.39 Å². The number of nitrogens with two attached hydrogens (primary N) is 1. The summed E-state index contributed by atoms with van der Waals surface area (Å²) in [4.78, 5) is 0. The fourth-order valence-electron chi connectivity index (χ4n) is 1.27. The Morgan fingerprint density at radius 2 is 2.00 bits per heavy atom. The molecular formula is C10H14FNO2. The average molecular weight is 199 g/mol. The Morgan fingerprint density at radius 3 is 2.50 bits per heavy atom. The van der Waals surface area contributed by atoms with Crippen molar-refractivity contribution in [2.24, 2.45) is 5.73 Å². The van der Waals surface area contributed by atoms with Crippen LogP contribution in [0.4, 0.5) is 4.39 Å². The second-order valence-electron chi connectivity index (χ2n) is 2.89. The summed E-state index contributed by atoms with van der Waals surface area (Å²) in [5, 5.41) is 0. The van der Waals surface area contributed by atoms with Crippen LogP contribution in [-0.4, -0.2) is 14.2 Å². The molecule has 0 atom stereocenters. The molecular weight excluding hydrogens is 185 g/mol. The molecule has 0 aliphatic rings. The number of ether oxygens (including phenoxy) is 2. The van der Waals surface area contributed by atoms with Gasteiger partial charge in [0.05, 0.1) is 13.7 Å². The second kappa shape index (κ2) is 4.93. The van der Waals surface area contributed by atoms with Gasteiger partial charge < -0.3 is 15.2 Å². The second-order valence-corrected chi connectivity index (χ2v) is 2.89. The molecule has 0 saturated carbocycles. The van der Waals surface area contributed by atoms with Crippen LogP contribution in [-0.2, 0) is 17.9 Å². The summed E-state index contributed by atoms with van der Waals surface area (Å²) >= 11 is 0. The molecule has 0 saturated heterocycles. The highest BCUT2D eigenvalue weighted by atomic mass is 19.1. The van der Waals surface area contributed by atoms with E-state index < -0.39 is 5.82 Å². The first-order valence-electron chi connectivity index (χ1n) is 4.27. The van der Waals surface area contributed by atoms with E-state index in [2.05, 4.69) is 0 Å². The average Bonchev–Trinajstić information content (AvgIpc) is 2.20.